The summed E-state index contributed by atoms with van der Waals surface area (Å²) in [7, 11) is 1.48. The minimum Gasteiger partial charge on any atom is -0.487 e. The number of ether oxygens (including phenoxy) is 4. The van der Waals surface area contributed by atoms with Gasteiger partial charge in [-0.3, -0.25) is 0 Å². The monoisotopic (exact) mass is 382 g/mol. The van der Waals surface area contributed by atoms with Gasteiger partial charge in [-0.05, 0) is 44.9 Å². The zero-order chi connectivity index (χ0) is 18.8. The molecule has 2 aliphatic heterocycles. The zero-order valence-electron chi connectivity index (χ0n) is 15.9. The van der Waals surface area contributed by atoms with Gasteiger partial charge < -0.3 is 18.9 Å². The van der Waals surface area contributed by atoms with Gasteiger partial charge in [0, 0.05) is 10.5 Å². The van der Waals surface area contributed by atoms with Crippen molar-refractivity contribution in [2.75, 3.05) is 20.3 Å². The Morgan fingerprint density at radius 3 is 2.35 bits per heavy atom. The van der Waals surface area contributed by atoms with Gasteiger partial charge >= 0.3 is 5.97 Å². The number of hydrogen-bond acceptors (Lipinski definition) is 7. The van der Waals surface area contributed by atoms with Gasteiger partial charge in [-0.1, -0.05) is 19.1 Å². The van der Waals surface area contributed by atoms with E-state index in [0.29, 0.717) is 19.0 Å². The van der Waals surface area contributed by atoms with E-state index in [1.165, 1.54) is 7.11 Å². The highest BCUT2D eigenvalue weighted by Gasteiger charge is 2.59. The number of benzene rings is 1. The Hall–Kier alpha value is -1.09. The number of rotatable bonds is 7. The van der Waals surface area contributed by atoms with Gasteiger partial charge in [-0.2, -0.15) is 4.33 Å². The molecule has 0 saturated carbocycles. The van der Waals surface area contributed by atoms with Crippen LogP contribution < -0.4 is 0 Å². The first-order valence-electron chi connectivity index (χ1n) is 8.82. The molecule has 1 aromatic rings. The Morgan fingerprint density at radius 1 is 1.15 bits per heavy atom. The third-order valence-electron chi connectivity index (χ3n) is 4.43. The van der Waals surface area contributed by atoms with Crippen LogP contribution in [0.25, 0.3) is 5.57 Å². The Bertz CT molecular complexity index is 650. The lowest BCUT2D eigenvalue weighted by molar-refractivity contribution is -0.336. The molecule has 0 N–H and O–H groups in total. The Morgan fingerprint density at radius 2 is 1.81 bits per heavy atom. The van der Waals surface area contributed by atoms with E-state index in [2.05, 4.69) is 11.8 Å². The lowest BCUT2D eigenvalue weighted by atomic mass is 9.88. The van der Waals surface area contributed by atoms with Crippen LogP contribution in [0.4, 0.5) is 0 Å². The summed E-state index contributed by atoms with van der Waals surface area (Å²) in [5.74, 6) is -0.639. The molecule has 0 radical (unpaired) electrons. The van der Waals surface area contributed by atoms with Crippen molar-refractivity contribution >= 4 is 17.6 Å². The van der Waals surface area contributed by atoms with Gasteiger partial charge in [0.05, 0.1) is 38.5 Å². The summed E-state index contributed by atoms with van der Waals surface area (Å²) in [6.07, 6.45) is 0.725. The standard InChI is InChI=1S/C19H26O6S/c1-6-18(4)16(14-7-9-15(10-8-14)26-25-20-5)17(23-13(2)3)19(24-18)21-11-12-22-19/h7-10,13H,6,11-12H2,1-5H3/t18-/m0/s1. The van der Waals surface area contributed by atoms with Gasteiger partial charge in [0.25, 0.3) is 0 Å². The summed E-state index contributed by atoms with van der Waals surface area (Å²) in [4.78, 5) is 5.56. The first-order valence-corrected chi connectivity index (χ1v) is 9.56. The van der Waals surface area contributed by atoms with Crippen molar-refractivity contribution in [3.63, 3.8) is 0 Å². The van der Waals surface area contributed by atoms with Crippen LogP contribution in [0.15, 0.2) is 34.9 Å². The topological polar surface area (TPSA) is 55.4 Å². The molecule has 144 valence electrons. The van der Waals surface area contributed by atoms with Crippen LogP contribution >= 0.6 is 12.0 Å². The van der Waals surface area contributed by atoms with Crippen LogP contribution in [0.3, 0.4) is 0 Å². The minimum atomic E-state index is -1.25. The maximum atomic E-state index is 6.33. The molecule has 2 heterocycles. The first-order chi connectivity index (χ1) is 12.4. The molecular weight excluding hydrogens is 356 g/mol. The van der Waals surface area contributed by atoms with E-state index < -0.39 is 11.6 Å². The summed E-state index contributed by atoms with van der Waals surface area (Å²) < 4.78 is 29.1. The molecule has 0 bridgehead atoms. The Kier molecular flexibility index (Phi) is 5.96. The molecule has 26 heavy (non-hydrogen) atoms. The normalized spacial score (nSPS) is 24.8. The largest absolute Gasteiger partial charge is 0.487 e. The van der Waals surface area contributed by atoms with Crippen molar-refractivity contribution in [2.45, 2.75) is 56.7 Å². The summed E-state index contributed by atoms with van der Waals surface area (Å²) in [5.41, 5.74) is 1.38. The third kappa shape index (κ3) is 3.65. The molecule has 7 heteroatoms. The van der Waals surface area contributed by atoms with Crippen LogP contribution in [-0.2, 0) is 28.2 Å². The van der Waals surface area contributed by atoms with E-state index in [9.17, 15) is 0 Å². The summed E-state index contributed by atoms with van der Waals surface area (Å²) in [5, 5.41) is 0. The quantitative estimate of drug-likeness (QED) is 0.396. The van der Waals surface area contributed by atoms with Gasteiger partial charge in [0.1, 0.15) is 5.60 Å². The molecule has 2 aliphatic rings. The molecule has 0 amide bonds. The maximum Gasteiger partial charge on any atom is 0.347 e. The van der Waals surface area contributed by atoms with Crippen molar-refractivity contribution in [2.24, 2.45) is 0 Å². The van der Waals surface area contributed by atoms with Crippen molar-refractivity contribution < 1.29 is 28.2 Å². The predicted octanol–water partition coefficient (Wildman–Crippen LogP) is 4.31. The van der Waals surface area contributed by atoms with Gasteiger partial charge in [-0.15, -0.1) is 0 Å². The fourth-order valence-corrected chi connectivity index (χ4v) is 3.57. The second-order valence-corrected chi connectivity index (χ2v) is 7.43. The molecular formula is C19H26O6S. The fourth-order valence-electron chi connectivity index (χ4n) is 3.17. The molecule has 1 atom stereocenters. The third-order valence-corrected chi connectivity index (χ3v) is 5.10. The number of hydrogen-bond donors (Lipinski definition) is 0. The predicted molar refractivity (Wildman–Crippen MR) is 98.0 cm³/mol. The van der Waals surface area contributed by atoms with Crippen molar-refractivity contribution in [1.29, 1.82) is 0 Å². The van der Waals surface area contributed by atoms with E-state index in [0.717, 1.165) is 34.5 Å². The maximum absolute atomic E-state index is 6.33. The van der Waals surface area contributed by atoms with Crippen LogP contribution in [0.1, 0.15) is 39.7 Å². The summed E-state index contributed by atoms with van der Waals surface area (Å²) >= 11 is 1.16. The SMILES string of the molecule is CC[C@]1(C)OC2(OCCO2)C(OC(C)C)=C1c1ccc(SOOC)cc1. The van der Waals surface area contributed by atoms with Gasteiger partial charge in [0.15, 0.2) is 5.76 Å². The molecule has 0 unspecified atom stereocenters. The van der Waals surface area contributed by atoms with Crippen molar-refractivity contribution in [3.8, 4) is 0 Å². The van der Waals surface area contributed by atoms with Crippen molar-refractivity contribution in [1.82, 2.24) is 0 Å². The lowest BCUT2D eigenvalue weighted by Gasteiger charge is -2.30. The molecule has 0 aromatic heterocycles. The lowest BCUT2D eigenvalue weighted by Crippen LogP contribution is -2.38. The minimum absolute atomic E-state index is 0.0302. The molecule has 6 nitrogen and oxygen atoms in total. The molecule has 1 aromatic carbocycles. The van der Waals surface area contributed by atoms with E-state index in [4.69, 9.17) is 23.3 Å². The molecule has 1 spiro atoms. The van der Waals surface area contributed by atoms with Gasteiger partial charge in [0.2, 0.25) is 0 Å². The highest BCUT2D eigenvalue weighted by molar-refractivity contribution is 7.94. The smallest absolute Gasteiger partial charge is 0.347 e. The van der Waals surface area contributed by atoms with E-state index >= 15 is 0 Å². The molecule has 1 saturated heterocycles. The van der Waals surface area contributed by atoms with E-state index in [1.807, 2.05) is 45.0 Å². The molecule has 0 aliphatic carbocycles. The molecule has 3 rings (SSSR count). The first kappa shape index (κ1) is 19.7. The summed E-state index contributed by atoms with van der Waals surface area (Å²) in [6, 6.07) is 7.98. The van der Waals surface area contributed by atoms with Crippen molar-refractivity contribution in [3.05, 3.63) is 35.6 Å². The van der Waals surface area contributed by atoms with Crippen LogP contribution in [0, 0.1) is 0 Å². The summed E-state index contributed by atoms with van der Waals surface area (Å²) in [6.45, 7) is 9.04. The average molecular weight is 382 g/mol. The highest BCUT2D eigenvalue weighted by atomic mass is 32.2. The molecule has 1 fully saturated rings. The fraction of sp³-hybridized carbons (Fsp3) is 0.579. The zero-order valence-corrected chi connectivity index (χ0v) is 16.7. The van der Waals surface area contributed by atoms with Crippen LogP contribution in [-0.4, -0.2) is 38.0 Å². The highest BCUT2D eigenvalue weighted by Crippen LogP contribution is 2.52. The average Bonchev–Trinajstić information content (AvgIpc) is 3.17. The van der Waals surface area contributed by atoms with E-state index in [-0.39, 0.29) is 6.10 Å². The second kappa shape index (κ2) is 7.88. The van der Waals surface area contributed by atoms with E-state index in [1.54, 1.807) is 0 Å². The van der Waals surface area contributed by atoms with Gasteiger partial charge in [-0.25, -0.2) is 4.89 Å². The second-order valence-electron chi connectivity index (χ2n) is 6.65. The van der Waals surface area contributed by atoms with Crippen LogP contribution in [0.2, 0.25) is 0 Å². The van der Waals surface area contributed by atoms with Crippen LogP contribution in [0.5, 0.6) is 0 Å². The Labute approximate surface area is 158 Å². The Balaban J connectivity index is 2.05.